The summed E-state index contributed by atoms with van der Waals surface area (Å²) in [4.78, 5) is 38.5. The number of nitrogens with zero attached hydrogens (tertiary/aromatic N) is 4. The number of rotatable bonds is 8. The Bertz CT molecular complexity index is 1040. The van der Waals surface area contributed by atoms with Crippen molar-refractivity contribution >= 4 is 40.2 Å². The van der Waals surface area contributed by atoms with E-state index in [1.54, 1.807) is 4.57 Å². The number of imidazole rings is 1. The number of fused-ring (bicyclic) bond motifs is 1. The van der Waals surface area contributed by atoms with Crippen LogP contribution in [0.5, 0.6) is 0 Å². The second-order valence-corrected chi connectivity index (χ2v) is 11.1. The van der Waals surface area contributed by atoms with Crippen molar-refractivity contribution in [3.8, 4) is 0 Å². The van der Waals surface area contributed by atoms with Crippen molar-refractivity contribution in [2.24, 2.45) is 0 Å². The third kappa shape index (κ3) is 5.89. The topological polar surface area (TPSA) is 218 Å². The molecule has 3 heterocycles. The van der Waals surface area contributed by atoms with E-state index in [1.165, 1.54) is 12.7 Å². The Balaban J connectivity index is 1.58. The van der Waals surface area contributed by atoms with Crippen molar-refractivity contribution < 1.29 is 46.3 Å². The average molecular weight is 473 g/mol. The van der Waals surface area contributed by atoms with Gasteiger partial charge in [0.25, 0.3) is 0 Å². The number of phosphoric acid groups is 2. The number of ether oxygens (including phenoxy) is 1. The molecule has 1 aliphatic heterocycles. The molecule has 4 atom stereocenters. The molecule has 162 valence electrons. The van der Waals surface area contributed by atoms with Crippen LogP contribution in [0.15, 0.2) is 12.7 Å². The molecule has 1 saturated heterocycles. The molecule has 0 bridgehead atoms. The molecule has 0 radical (unpaired) electrons. The van der Waals surface area contributed by atoms with Gasteiger partial charge in [-0.25, -0.2) is 28.4 Å². The summed E-state index contributed by atoms with van der Waals surface area (Å²) in [5.74, 6) is 0.224. The van der Waals surface area contributed by atoms with E-state index in [4.69, 9.17) is 24.8 Å². The number of hydrogen-bond acceptors (Lipinski definition) is 11. The summed E-state index contributed by atoms with van der Waals surface area (Å²) in [6, 6.07) is 0. The van der Waals surface area contributed by atoms with Crippen LogP contribution in [0.25, 0.3) is 11.2 Å². The third-order valence-corrected chi connectivity index (χ3v) is 8.04. The summed E-state index contributed by atoms with van der Waals surface area (Å²) in [6.07, 6.45) is 2.82. The standard InChI is InChI=1S/C11H18N5O10P3/c1-27(17,25-29(21,22)26-28(18,19)20)23-4-7-2-3-8(24-7)16-6-15-9-10(12)13-5-14-11(9)16/h5-8H,2-4H2,1H3,(H,21,22)(H2,12,13,14)(H2,18,19,20). The molecule has 0 aromatic carbocycles. The van der Waals surface area contributed by atoms with Crippen molar-refractivity contribution in [2.75, 3.05) is 19.0 Å². The fourth-order valence-electron chi connectivity index (χ4n) is 2.67. The van der Waals surface area contributed by atoms with Crippen LogP contribution in [0.3, 0.4) is 0 Å². The van der Waals surface area contributed by atoms with Crippen LogP contribution in [-0.2, 0) is 31.6 Å². The van der Waals surface area contributed by atoms with E-state index in [-0.39, 0.29) is 12.4 Å². The highest BCUT2D eigenvalue weighted by atomic mass is 31.3. The number of nitrogens with two attached hydrogens (primary N) is 1. The van der Waals surface area contributed by atoms with Gasteiger partial charge in [0.1, 0.15) is 18.1 Å². The Hall–Kier alpha value is -1.24. The summed E-state index contributed by atoms with van der Waals surface area (Å²) in [7, 11) is -14.8. The normalized spacial score (nSPS) is 24.4. The smallest absolute Gasteiger partial charge is 0.382 e. The van der Waals surface area contributed by atoms with E-state index in [2.05, 4.69) is 23.6 Å². The minimum Gasteiger partial charge on any atom is -0.382 e. The fraction of sp³-hybridized carbons (Fsp3) is 0.545. The zero-order valence-corrected chi connectivity index (χ0v) is 17.5. The molecular formula is C11H18N5O10P3. The van der Waals surface area contributed by atoms with Gasteiger partial charge in [-0.3, -0.25) is 9.13 Å². The zero-order valence-electron chi connectivity index (χ0n) is 14.8. The average Bonchev–Trinajstić information content (AvgIpc) is 3.16. The maximum Gasteiger partial charge on any atom is 0.488 e. The van der Waals surface area contributed by atoms with Gasteiger partial charge >= 0.3 is 23.2 Å². The van der Waals surface area contributed by atoms with Crippen LogP contribution < -0.4 is 5.73 Å². The molecule has 1 aliphatic rings. The van der Waals surface area contributed by atoms with Gasteiger partial charge in [0.05, 0.1) is 19.0 Å². The first-order valence-corrected chi connectivity index (χ1v) is 13.0. The first kappa shape index (κ1) is 22.4. The van der Waals surface area contributed by atoms with Crippen molar-refractivity contribution in [3.05, 3.63) is 12.7 Å². The molecule has 0 aliphatic carbocycles. The molecule has 15 nitrogen and oxygen atoms in total. The molecule has 29 heavy (non-hydrogen) atoms. The summed E-state index contributed by atoms with van der Waals surface area (Å²) in [5, 5.41) is 0. The molecule has 0 spiro atoms. The predicted octanol–water partition coefficient (Wildman–Crippen LogP) is 1.15. The molecule has 2 aromatic rings. The number of hydrogen-bond donors (Lipinski definition) is 4. The summed E-state index contributed by atoms with van der Waals surface area (Å²) < 4.78 is 54.6. The van der Waals surface area contributed by atoms with E-state index in [1.807, 2.05) is 0 Å². The molecule has 3 rings (SSSR count). The third-order valence-electron chi connectivity index (χ3n) is 3.74. The zero-order chi connectivity index (χ0) is 21.4. The van der Waals surface area contributed by atoms with Crippen LogP contribution in [0, 0.1) is 0 Å². The Morgan fingerprint density at radius 1 is 1.21 bits per heavy atom. The summed E-state index contributed by atoms with van der Waals surface area (Å²) in [5.41, 5.74) is 6.64. The second-order valence-electron chi connectivity index (χ2n) is 6.06. The summed E-state index contributed by atoms with van der Waals surface area (Å²) in [6.45, 7) is 0.582. The van der Waals surface area contributed by atoms with Gasteiger partial charge in [-0.1, -0.05) is 0 Å². The molecule has 0 saturated carbocycles. The monoisotopic (exact) mass is 473 g/mol. The van der Waals surface area contributed by atoms with E-state index in [0.29, 0.717) is 24.0 Å². The van der Waals surface area contributed by atoms with Gasteiger partial charge in [-0.05, 0) is 12.8 Å². The van der Waals surface area contributed by atoms with Gasteiger partial charge in [0, 0.05) is 6.66 Å². The predicted molar refractivity (Wildman–Crippen MR) is 96.4 cm³/mol. The molecule has 1 fully saturated rings. The molecule has 18 heteroatoms. The summed E-state index contributed by atoms with van der Waals surface area (Å²) >= 11 is 0. The first-order valence-electron chi connectivity index (χ1n) is 7.97. The maximum absolute atomic E-state index is 12.2. The van der Waals surface area contributed by atoms with Crippen LogP contribution in [0.4, 0.5) is 5.82 Å². The quantitative estimate of drug-likeness (QED) is 0.395. The SMILES string of the molecule is CP(=O)(OCC1CCC(n2cnc3c(N)ncnc32)O1)OP(=O)(O)OP(=O)(O)O. The lowest BCUT2D eigenvalue weighted by Gasteiger charge is -2.20. The van der Waals surface area contributed by atoms with E-state index >= 15 is 0 Å². The van der Waals surface area contributed by atoms with Crippen LogP contribution in [0.1, 0.15) is 19.1 Å². The van der Waals surface area contributed by atoms with Crippen molar-refractivity contribution in [2.45, 2.75) is 25.2 Å². The molecule has 5 N–H and O–H groups in total. The lowest BCUT2D eigenvalue weighted by Crippen LogP contribution is -2.16. The Labute approximate surface area is 163 Å². The minimum absolute atomic E-state index is 0.224. The van der Waals surface area contributed by atoms with Gasteiger partial charge in [-0.2, -0.15) is 4.31 Å². The van der Waals surface area contributed by atoms with E-state index in [0.717, 1.165) is 6.66 Å². The second kappa shape index (κ2) is 8.12. The van der Waals surface area contributed by atoms with Gasteiger partial charge in [-0.15, -0.1) is 0 Å². The maximum atomic E-state index is 12.2. The molecular weight excluding hydrogens is 455 g/mol. The number of nitrogen functional groups attached to an aromatic ring is 1. The van der Waals surface area contributed by atoms with Crippen LogP contribution in [0.2, 0.25) is 0 Å². The molecule has 4 unspecified atom stereocenters. The Kier molecular flexibility index (Phi) is 6.29. The lowest BCUT2D eigenvalue weighted by atomic mass is 10.2. The lowest BCUT2D eigenvalue weighted by molar-refractivity contribution is -0.0172. The molecule has 2 aromatic heterocycles. The highest BCUT2D eigenvalue weighted by Crippen LogP contribution is 2.66. The number of anilines is 1. The molecule has 0 amide bonds. The highest BCUT2D eigenvalue weighted by Gasteiger charge is 2.39. The van der Waals surface area contributed by atoms with Crippen molar-refractivity contribution in [1.82, 2.24) is 19.5 Å². The van der Waals surface area contributed by atoms with Crippen LogP contribution in [-0.4, -0.2) is 53.6 Å². The van der Waals surface area contributed by atoms with Gasteiger partial charge < -0.3 is 29.7 Å². The minimum atomic E-state index is -5.34. The number of aromatic nitrogens is 4. The van der Waals surface area contributed by atoms with E-state index in [9.17, 15) is 18.6 Å². The Morgan fingerprint density at radius 2 is 1.93 bits per heavy atom. The van der Waals surface area contributed by atoms with Crippen molar-refractivity contribution in [3.63, 3.8) is 0 Å². The fourth-order valence-corrected chi connectivity index (χ4v) is 6.26. The van der Waals surface area contributed by atoms with Crippen LogP contribution >= 0.6 is 23.2 Å². The van der Waals surface area contributed by atoms with Gasteiger partial charge in [0.15, 0.2) is 11.5 Å². The largest absolute Gasteiger partial charge is 0.488 e. The van der Waals surface area contributed by atoms with Crippen molar-refractivity contribution in [1.29, 1.82) is 0 Å². The van der Waals surface area contributed by atoms with E-state index < -0.39 is 35.6 Å². The highest BCUT2D eigenvalue weighted by molar-refractivity contribution is 7.68. The van der Waals surface area contributed by atoms with Gasteiger partial charge in [0.2, 0.25) is 0 Å². The Morgan fingerprint density at radius 3 is 2.62 bits per heavy atom. The first-order chi connectivity index (χ1) is 13.4.